The molecule has 0 unspecified atom stereocenters. The fourth-order valence-corrected chi connectivity index (χ4v) is 2.29. The van der Waals surface area contributed by atoms with Gasteiger partial charge in [0.15, 0.2) is 0 Å². The average Bonchev–Trinajstić information content (AvgIpc) is 2.61. The van der Waals surface area contributed by atoms with Gasteiger partial charge in [0.25, 0.3) is 5.69 Å². The lowest BCUT2D eigenvalue weighted by atomic mass is 10.1. The second-order valence-electron chi connectivity index (χ2n) is 5.66. The van der Waals surface area contributed by atoms with Crippen molar-refractivity contribution >= 4 is 17.8 Å². The Morgan fingerprint density at radius 3 is 2.04 bits per heavy atom. The lowest BCUT2D eigenvalue weighted by molar-refractivity contribution is -0.384. The first-order valence-corrected chi connectivity index (χ1v) is 8.34. The van der Waals surface area contributed by atoms with Crippen molar-refractivity contribution in [1.82, 2.24) is 0 Å². The maximum Gasteiger partial charge on any atom is 0.269 e. The summed E-state index contributed by atoms with van der Waals surface area (Å²) in [7, 11) is 0. The maximum absolute atomic E-state index is 10.6. The van der Waals surface area contributed by atoms with Gasteiger partial charge in [0.05, 0.1) is 11.5 Å². The Hall–Kier alpha value is -2.62. The van der Waals surface area contributed by atoms with Crippen LogP contribution >= 0.6 is 0 Å². The minimum Gasteiger partial charge on any atom is -0.494 e. The number of nitrogens with zero attached hydrogens (tertiary/aromatic N) is 1. The van der Waals surface area contributed by atoms with Crippen LogP contribution in [0.5, 0.6) is 5.75 Å². The van der Waals surface area contributed by atoms with Crippen molar-refractivity contribution in [2.24, 2.45) is 0 Å². The Kier molecular flexibility index (Phi) is 7.02. The van der Waals surface area contributed by atoms with Crippen molar-refractivity contribution in [2.45, 2.75) is 32.6 Å². The third-order valence-electron chi connectivity index (χ3n) is 3.72. The number of rotatable bonds is 9. The Labute approximate surface area is 142 Å². The van der Waals surface area contributed by atoms with Gasteiger partial charge in [0, 0.05) is 12.1 Å². The van der Waals surface area contributed by atoms with Crippen molar-refractivity contribution in [2.75, 3.05) is 6.61 Å². The summed E-state index contributed by atoms with van der Waals surface area (Å²) in [5.74, 6) is 0.888. The quantitative estimate of drug-likeness (QED) is 0.256. The lowest BCUT2D eigenvalue weighted by Crippen LogP contribution is -1.96. The first-order chi connectivity index (χ1) is 11.7. The molecule has 0 atom stereocenters. The van der Waals surface area contributed by atoms with Crippen molar-refractivity contribution in [3.05, 3.63) is 69.8 Å². The number of nitro groups is 1. The molecule has 0 saturated heterocycles. The van der Waals surface area contributed by atoms with Crippen LogP contribution in [0.15, 0.2) is 48.5 Å². The van der Waals surface area contributed by atoms with Gasteiger partial charge in [-0.25, -0.2) is 0 Å². The molecule has 0 heterocycles. The molecular weight excluding hydrogens is 302 g/mol. The Bertz CT molecular complexity index is 660. The van der Waals surface area contributed by atoms with E-state index in [1.54, 1.807) is 12.1 Å². The highest BCUT2D eigenvalue weighted by Gasteiger charge is 2.02. The molecular formula is C20H23NO3. The van der Waals surface area contributed by atoms with E-state index in [-0.39, 0.29) is 5.69 Å². The minimum absolute atomic E-state index is 0.104. The molecule has 0 N–H and O–H groups in total. The van der Waals surface area contributed by atoms with E-state index in [1.165, 1.54) is 31.4 Å². The van der Waals surface area contributed by atoms with Crippen LogP contribution in [0.2, 0.25) is 0 Å². The fraction of sp³-hybridized carbons (Fsp3) is 0.300. The van der Waals surface area contributed by atoms with E-state index in [0.717, 1.165) is 29.9 Å². The molecule has 0 aromatic heterocycles. The molecule has 0 bridgehead atoms. The first kappa shape index (κ1) is 17.7. The summed E-state index contributed by atoms with van der Waals surface area (Å²) >= 11 is 0. The average molecular weight is 325 g/mol. The number of ether oxygens (including phenoxy) is 1. The molecule has 24 heavy (non-hydrogen) atoms. The summed E-state index contributed by atoms with van der Waals surface area (Å²) in [4.78, 5) is 10.2. The number of nitro benzene ring substituents is 1. The molecule has 2 rings (SSSR count). The molecule has 0 amide bonds. The summed E-state index contributed by atoms with van der Waals surface area (Å²) in [6.07, 6.45) is 8.71. The Morgan fingerprint density at radius 1 is 0.917 bits per heavy atom. The second-order valence-corrected chi connectivity index (χ2v) is 5.66. The first-order valence-electron chi connectivity index (χ1n) is 8.34. The third-order valence-corrected chi connectivity index (χ3v) is 3.72. The van der Waals surface area contributed by atoms with Crippen LogP contribution in [0.4, 0.5) is 5.69 Å². The highest BCUT2D eigenvalue weighted by atomic mass is 16.6. The molecule has 0 fully saturated rings. The van der Waals surface area contributed by atoms with Crippen molar-refractivity contribution in [3.63, 3.8) is 0 Å². The predicted molar refractivity (Wildman–Crippen MR) is 98.1 cm³/mol. The summed E-state index contributed by atoms with van der Waals surface area (Å²) in [5, 5.41) is 10.6. The van der Waals surface area contributed by atoms with E-state index in [4.69, 9.17) is 4.74 Å². The van der Waals surface area contributed by atoms with Crippen LogP contribution in [-0.4, -0.2) is 11.5 Å². The normalized spacial score (nSPS) is 10.9. The Balaban J connectivity index is 1.85. The lowest BCUT2D eigenvalue weighted by Gasteiger charge is -2.06. The van der Waals surface area contributed by atoms with Gasteiger partial charge in [0.2, 0.25) is 0 Å². The second kappa shape index (κ2) is 9.50. The molecule has 4 heteroatoms. The van der Waals surface area contributed by atoms with Crippen LogP contribution in [0.25, 0.3) is 12.2 Å². The standard InChI is InChI=1S/C20H23NO3/c1-2-3-4-5-16-24-20-14-10-18(11-15-20)7-6-17-8-12-19(13-9-17)21(22)23/h6-15H,2-5,16H2,1H3/b7-6+. The van der Waals surface area contributed by atoms with Gasteiger partial charge in [-0.2, -0.15) is 0 Å². The number of benzene rings is 2. The van der Waals surface area contributed by atoms with Gasteiger partial charge in [-0.15, -0.1) is 0 Å². The number of hydrogen-bond donors (Lipinski definition) is 0. The van der Waals surface area contributed by atoms with Crippen LogP contribution in [-0.2, 0) is 0 Å². The van der Waals surface area contributed by atoms with Crippen LogP contribution in [0, 0.1) is 10.1 Å². The molecule has 0 aliphatic carbocycles. The van der Waals surface area contributed by atoms with Crippen molar-refractivity contribution < 1.29 is 9.66 Å². The molecule has 0 aliphatic rings. The van der Waals surface area contributed by atoms with Gasteiger partial charge in [-0.1, -0.05) is 50.5 Å². The molecule has 0 aliphatic heterocycles. The van der Waals surface area contributed by atoms with Gasteiger partial charge < -0.3 is 4.74 Å². The minimum atomic E-state index is -0.394. The molecule has 0 saturated carbocycles. The predicted octanol–water partition coefficient (Wildman–Crippen LogP) is 5.72. The Morgan fingerprint density at radius 2 is 1.50 bits per heavy atom. The SMILES string of the molecule is CCCCCCOc1ccc(/C=C/c2ccc([N+](=O)[O-])cc2)cc1. The van der Waals surface area contributed by atoms with Crippen molar-refractivity contribution in [3.8, 4) is 5.75 Å². The number of non-ortho nitro benzene ring substituents is 1. The number of hydrogen-bond acceptors (Lipinski definition) is 3. The fourth-order valence-electron chi connectivity index (χ4n) is 2.29. The van der Waals surface area contributed by atoms with Crippen LogP contribution in [0.1, 0.15) is 43.7 Å². The summed E-state index contributed by atoms with van der Waals surface area (Å²) < 4.78 is 5.72. The summed E-state index contributed by atoms with van der Waals surface area (Å²) in [6, 6.07) is 14.4. The summed E-state index contributed by atoms with van der Waals surface area (Å²) in [6.45, 7) is 2.96. The molecule has 2 aromatic rings. The van der Waals surface area contributed by atoms with Gasteiger partial charge in [-0.3, -0.25) is 10.1 Å². The van der Waals surface area contributed by atoms with Crippen LogP contribution in [0.3, 0.4) is 0 Å². The number of unbranched alkanes of at least 4 members (excludes halogenated alkanes) is 3. The zero-order valence-corrected chi connectivity index (χ0v) is 14.0. The summed E-state index contributed by atoms with van der Waals surface area (Å²) in [5.41, 5.74) is 2.09. The van der Waals surface area contributed by atoms with Crippen LogP contribution < -0.4 is 4.74 Å². The highest BCUT2D eigenvalue weighted by molar-refractivity contribution is 5.70. The molecule has 4 nitrogen and oxygen atoms in total. The molecule has 0 radical (unpaired) electrons. The highest BCUT2D eigenvalue weighted by Crippen LogP contribution is 2.17. The zero-order valence-electron chi connectivity index (χ0n) is 14.0. The van der Waals surface area contributed by atoms with E-state index in [9.17, 15) is 10.1 Å². The zero-order chi connectivity index (χ0) is 17.2. The van der Waals surface area contributed by atoms with Gasteiger partial charge in [-0.05, 0) is 41.8 Å². The third kappa shape index (κ3) is 5.88. The van der Waals surface area contributed by atoms with Gasteiger partial charge in [0.1, 0.15) is 5.75 Å². The largest absolute Gasteiger partial charge is 0.494 e. The molecule has 2 aromatic carbocycles. The van der Waals surface area contributed by atoms with E-state index < -0.39 is 4.92 Å². The van der Waals surface area contributed by atoms with E-state index in [1.807, 2.05) is 36.4 Å². The molecule has 126 valence electrons. The monoisotopic (exact) mass is 325 g/mol. The van der Waals surface area contributed by atoms with E-state index >= 15 is 0 Å². The topological polar surface area (TPSA) is 52.4 Å². The molecule has 0 spiro atoms. The maximum atomic E-state index is 10.6. The van der Waals surface area contributed by atoms with Gasteiger partial charge >= 0.3 is 0 Å². The van der Waals surface area contributed by atoms with E-state index in [2.05, 4.69) is 6.92 Å². The van der Waals surface area contributed by atoms with Crippen molar-refractivity contribution in [1.29, 1.82) is 0 Å². The smallest absolute Gasteiger partial charge is 0.269 e. The van der Waals surface area contributed by atoms with E-state index in [0.29, 0.717) is 0 Å².